The highest BCUT2D eigenvalue weighted by atomic mass is 79.9. The summed E-state index contributed by atoms with van der Waals surface area (Å²) >= 11 is 0. The number of para-hydroxylation sites is 4. The molecule has 0 spiro atoms. The van der Waals surface area contributed by atoms with Crippen molar-refractivity contribution >= 4 is 22.1 Å². The van der Waals surface area contributed by atoms with E-state index in [1.807, 2.05) is 0 Å². The molecule has 4 nitrogen and oxygen atoms in total. The van der Waals surface area contributed by atoms with Gasteiger partial charge in [-0.05, 0) is 24.3 Å². The number of rotatable bonds is 2. The summed E-state index contributed by atoms with van der Waals surface area (Å²) in [7, 11) is 4.18. The zero-order valence-electron chi connectivity index (χ0n) is 13.0. The number of fused-ring (bicyclic) bond motifs is 2. The van der Waals surface area contributed by atoms with Crippen molar-refractivity contribution in [1.82, 2.24) is 9.13 Å². The molecule has 0 radical (unpaired) electrons. The molecule has 2 aromatic carbocycles. The normalized spacial score (nSPS) is 10.5. The molecular formula is C17H18Br2N4. The smallest absolute Gasteiger partial charge is 0.247 e. The highest BCUT2D eigenvalue weighted by molar-refractivity contribution is 5.73. The topological polar surface area (TPSA) is 17.6 Å². The summed E-state index contributed by atoms with van der Waals surface area (Å²) in [6, 6.07) is 17.0. The predicted molar refractivity (Wildman–Crippen MR) is 81.6 cm³/mol. The van der Waals surface area contributed by atoms with Crippen LogP contribution in [0.5, 0.6) is 0 Å². The Hall–Kier alpha value is -1.66. The fraction of sp³-hybridized carbons (Fsp3) is 0.176. The molecule has 0 aliphatic carbocycles. The monoisotopic (exact) mass is 436 g/mol. The minimum absolute atomic E-state index is 0. The standard InChI is InChI=1S/C17H18N4.2BrH/c1-18-11-20(16-9-5-3-7-14(16)18)13-21-12-19(2)15-8-4-6-10-17(15)21;;/h3-12H,13H2,1-2H3;2*1H/q+2;;/p-2. The number of aryl methyl sites for hydroxylation is 2. The predicted octanol–water partition coefficient (Wildman–Crippen LogP) is -4.24. The first-order valence-corrected chi connectivity index (χ1v) is 7.11. The maximum absolute atomic E-state index is 2.28. The minimum atomic E-state index is 0. The lowest BCUT2D eigenvalue weighted by atomic mass is 10.3. The van der Waals surface area contributed by atoms with E-state index >= 15 is 0 Å². The summed E-state index contributed by atoms with van der Waals surface area (Å²) < 4.78 is 8.89. The maximum Gasteiger partial charge on any atom is 0.247 e. The van der Waals surface area contributed by atoms with Gasteiger partial charge < -0.3 is 34.0 Å². The van der Waals surface area contributed by atoms with E-state index < -0.39 is 0 Å². The molecule has 0 fully saturated rings. The Labute approximate surface area is 156 Å². The molecule has 23 heavy (non-hydrogen) atoms. The van der Waals surface area contributed by atoms with Gasteiger partial charge in [0.15, 0.2) is 22.1 Å². The van der Waals surface area contributed by atoms with E-state index in [1.165, 1.54) is 22.1 Å². The largest absolute Gasteiger partial charge is 1.00 e. The van der Waals surface area contributed by atoms with Crippen molar-refractivity contribution in [2.24, 2.45) is 14.1 Å². The highest BCUT2D eigenvalue weighted by Crippen LogP contribution is 2.14. The van der Waals surface area contributed by atoms with Crippen LogP contribution in [0, 0.1) is 0 Å². The average molecular weight is 438 g/mol. The Morgan fingerprint density at radius 2 is 1.09 bits per heavy atom. The van der Waals surface area contributed by atoms with Crippen LogP contribution in [-0.4, -0.2) is 9.13 Å². The number of nitrogens with zero attached hydrogens (tertiary/aromatic N) is 4. The molecule has 0 saturated heterocycles. The maximum atomic E-state index is 2.28. The van der Waals surface area contributed by atoms with Gasteiger partial charge in [-0.15, -0.1) is 0 Å². The number of hydrogen-bond donors (Lipinski definition) is 0. The second-order valence-corrected chi connectivity index (χ2v) is 5.51. The lowest BCUT2D eigenvalue weighted by Gasteiger charge is -1.95. The van der Waals surface area contributed by atoms with Crippen molar-refractivity contribution in [3.63, 3.8) is 0 Å². The summed E-state index contributed by atoms with van der Waals surface area (Å²) in [5, 5.41) is 0. The van der Waals surface area contributed by atoms with Crippen molar-refractivity contribution in [3.05, 3.63) is 61.2 Å². The van der Waals surface area contributed by atoms with Crippen molar-refractivity contribution < 1.29 is 43.1 Å². The number of hydrogen-bond acceptors (Lipinski definition) is 0. The van der Waals surface area contributed by atoms with Gasteiger partial charge in [-0.25, -0.2) is 9.13 Å². The zero-order valence-corrected chi connectivity index (χ0v) is 16.2. The Kier molecular flexibility index (Phi) is 5.26. The van der Waals surface area contributed by atoms with Crippen LogP contribution in [-0.2, 0) is 20.8 Å². The van der Waals surface area contributed by atoms with Crippen LogP contribution in [0.15, 0.2) is 61.2 Å². The second kappa shape index (κ2) is 6.84. The van der Waals surface area contributed by atoms with Gasteiger partial charge in [0, 0.05) is 0 Å². The molecule has 0 atom stereocenters. The fourth-order valence-corrected chi connectivity index (χ4v) is 3.07. The fourth-order valence-electron chi connectivity index (χ4n) is 3.07. The number of halogens is 2. The van der Waals surface area contributed by atoms with Crippen LogP contribution in [0.3, 0.4) is 0 Å². The molecular weight excluding hydrogens is 420 g/mol. The molecule has 0 aliphatic heterocycles. The molecule has 120 valence electrons. The van der Waals surface area contributed by atoms with Crippen LogP contribution in [0.1, 0.15) is 0 Å². The summed E-state index contributed by atoms with van der Waals surface area (Å²) in [5.41, 5.74) is 5.00. The summed E-state index contributed by atoms with van der Waals surface area (Å²) in [4.78, 5) is 0. The molecule has 0 saturated carbocycles. The Morgan fingerprint density at radius 3 is 1.52 bits per heavy atom. The molecule has 2 heterocycles. The van der Waals surface area contributed by atoms with Gasteiger partial charge in [0.1, 0.15) is 0 Å². The lowest BCUT2D eigenvalue weighted by molar-refractivity contribution is -0.646. The molecule has 6 heteroatoms. The van der Waals surface area contributed by atoms with Gasteiger partial charge in [0.2, 0.25) is 19.3 Å². The second-order valence-electron chi connectivity index (χ2n) is 5.51. The molecule has 4 rings (SSSR count). The zero-order chi connectivity index (χ0) is 14.4. The Morgan fingerprint density at radius 1 is 0.696 bits per heavy atom. The van der Waals surface area contributed by atoms with Crippen molar-refractivity contribution in [3.8, 4) is 0 Å². The van der Waals surface area contributed by atoms with Gasteiger partial charge in [0.25, 0.3) is 0 Å². The van der Waals surface area contributed by atoms with Crippen molar-refractivity contribution in [1.29, 1.82) is 0 Å². The van der Waals surface area contributed by atoms with Gasteiger partial charge in [-0.1, -0.05) is 24.3 Å². The van der Waals surface area contributed by atoms with E-state index in [0.717, 1.165) is 6.67 Å². The third-order valence-corrected chi connectivity index (χ3v) is 4.07. The van der Waals surface area contributed by atoms with E-state index in [2.05, 4.69) is 93.5 Å². The van der Waals surface area contributed by atoms with Gasteiger partial charge in [-0.2, -0.15) is 9.13 Å². The molecule has 0 unspecified atom stereocenters. The first-order valence-electron chi connectivity index (χ1n) is 7.11. The highest BCUT2D eigenvalue weighted by Gasteiger charge is 2.18. The molecule has 0 bridgehead atoms. The van der Waals surface area contributed by atoms with Crippen LogP contribution in [0.4, 0.5) is 0 Å². The quantitative estimate of drug-likeness (QED) is 0.283. The Bertz CT molecular complexity index is 878. The molecule has 4 aromatic rings. The SMILES string of the molecule is C[n+]1cn(Cn2c[n+](C)c3ccccc32)c2ccccc21.[Br-].[Br-]. The van der Waals surface area contributed by atoms with Crippen molar-refractivity contribution in [2.75, 3.05) is 0 Å². The van der Waals surface area contributed by atoms with E-state index in [0.29, 0.717) is 0 Å². The number of benzene rings is 2. The molecule has 0 amide bonds. The van der Waals surface area contributed by atoms with E-state index in [4.69, 9.17) is 0 Å². The minimum Gasteiger partial charge on any atom is -1.00 e. The third-order valence-electron chi connectivity index (χ3n) is 4.07. The summed E-state index contributed by atoms with van der Waals surface area (Å²) in [6.45, 7) is 0.808. The molecule has 0 aliphatic rings. The first-order chi connectivity index (χ1) is 10.2. The van der Waals surface area contributed by atoms with Crippen LogP contribution in [0.2, 0.25) is 0 Å². The van der Waals surface area contributed by atoms with E-state index in [-0.39, 0.29) is 34.0 Å². The first kappa shape index (κ1) is 17.7. The summed E-state index contributed by atoms with van der Waals surface area (Å²) in [5.74, 6) is 0. The Balaban J connectivity index is 0.000000960. The van der Waals surface area contributed by atoms with Crippen LogP contribution >= 0.6 is 0 Å². The van der Waals surface area contributed by atoms with Gasteiger partial charge >= 0.3 is 0 Å². The van der Waals surface area contributed by atoms with Crippen molar-refractivity contribution in [2.45, 2.75) is 6.67 Å². The van der Waals surface area contributed by atoms with E-state index in [9.17, 15) is 0 Å². The molecule has 0 N–H and O–H groups in total. The summed E-state index contributed by atoms with van der Waals surface area (Å²) in [6.07, 6.45) is 4.30. The molecule has 2 aromatic heterocycles. The number of aromatic nitrogens is 4. The van der Waals surface area contributed by atoms with Crippen LogP contribution in [0.25, 0.3) is 22.1 Å². The van der Waals surface area contributed by atoms with Gasteiger partial charge in [0.05, 0.1) is 14.1 Å². The van der Waals surface area contributed by atoms with Crippen LogP contribution < -0.4 is 43.1 Å². The third kappa shape index (κ3) is 2.93. The van der Waals surface area contributed by atoms with Gasteiger partial charge in [-0.3, -0.25) is 0 Å². The lowest BCUT2D eigenvalue weighted by Crippen LogP contribution is -3.00. The number of imidazole rings is 2. The van der Waals surface area contributed by atoms with E-state index in [1.54, 1.807) is 0 Å². The average Bonchev–Trinajstić information content (AvgIpc) is 3.00.